The molecule has 0 bridgehead atoms. The number of imidazole rings is 1. The number of nitrogens with one attached hydrogen (secondary N) is 1. The van der Waals surface area contributed by atoms with Gasteiger partial charge in [-0.3, -0.25) is 9.48 Å². The second-order valence-corrected chi connectivity index (χ2v) is 8.78. The summed E-state index contributed by atoms with van der Waals surface area (Å²) in [6.07, 6.45) is 9.16. The molecule has 10 nitrogen and oxygen atoms in total. The van der Waals surface area contributed by atoms with Crippen LogP contribution in [0.25, 0.3) is 22.4 Å². The summed E-state index contributed by atoms with van der Waals surface area (Å²) in [5.41, 5.74) is 2.76. The van der Waals surface area contributed by atoms with Crippen LogP contribution in [0.2, 0.25) is 0 Å². The SMILES string of the molecule is Cc1nc2cnc(Nc3ccnc(-c4cnn(CC5CCN(C=O)C5)c4)n3)cc2n1C(C)C. The van der Waals surface area contributed by atoms with Crippen molar-refractivity contribution in [3.05, 3.63) is 42.7 Å². The summed E-state index contributed by atoms with van der Waals surface area (Å²) < 4.78 is 4.10. The summed E-state index contributed by atoms with van der Waals surface area (Å²) in [6, 6.07) is 4.12. The van der Waals surface area contributed by atoms with Gasteiger partial charge in [0.1, 0.15) is 23.0 Å². The minimum Gasteiger partial charge on any atom is -0.345 e. The maximum absolute atomic E-state index is 10.9. The fourth-order valence-corrected chi connectivity index (χ4v) is 4.49. The van der Waals surface area contributed by atoms with Crippen molar-refractivity contribution in [3.63, 3.8) is 0 Å². The summed E-state index contributed by atoms with van der Waals surface area (Å²) in [4.78, 5) is 30.9. The predicted molar refractivity (Wildman–Crippen MR) is 125 cm³/mol. The summed E-state index contributed by atoms with van der Waals surface area (Å²) >= 11 is 0. The zero-order valence-corrected chi connectivity index (χ0v) is 19.0. The van der Waals surface area contributed by atoms with Crippen LogP contribution in [0.1, 0.15) is 32.1 Å². The highest BCUT2D eigenvalue weighted by atomic mass is 16.1. The second-order valence-electron chi connectivity index (χ2n) is 8.78. The van der Waals surface area contributed by atoms with Gasteiger partial charge in [0.05, 0.1) is 23.5 Å². The van der Waals surface area contributed by atoms with Crippen molar-refractivity contribution in [2.45, 2.75) is 39.8 Å². The van der Waals surface area contributed by atoms with Gasteiger partial charge in [-0.2, -0.15) is 5.10 Å². The number of likely N-dealkylation sites (tertiary alicyclic amines) is 1. The first-order valence-corrected chi connectivity index (χ1v) is 11.2. The van der Waals surface area contributed by atoms with Crippen LogP contribution in [0, 0.1) is 12.8 Å². The number of hydrogen-bond acceptors (Lipinski definition) is 7. The van der Waals surface area contributed by atoms with Gasteiger partial charge >= 0.3 is 0 Å². The Bertz CT molecular complexity index is 1290. The molecule has 0 spiro atoms. The Hall–Kier alpha value is -3.82. The Balaban J connectivity index is 1.33. The van der Waals surface area contributed by atoms with Crippen LogP contribution >= 0.6 is 0 Å². The van der Waals surface area contributed by atoms with Gasteiger partial charge in [-0.05, 0) is 39.2 Å². The molecule has 5 rings (SSSR count). The van der Waals surface area contributed by atoms with E-state index in [1.807, 2.05) is 34.8 Å². The van der Waals surface area contributed by atoms with E-state index < -0.39 is 0 Å². The van der Waals surface area contributed by atoms with Crippen molar-refractivity contribution in [1.82, 2.24) is 39.2 Å². The highest BCUT2D eigenvalue weighted by molar-refractivity contribution is 5.79. The molecule has 1 atom stereocenters. The van der Waals surface area contributed by atoms with Crippen LogP contribution < -0.4 is 5.32 Å². The van der Waals surface area contributed by atoms with E-state index >= 15 is 0 Å². The Morgan fingerprint density at radius 1 is 1.21 bits per heavy atom. The van der Waals surface area contributed by atoms with E-state index in [1.54, 1.807) is 18.6 Å². The molecular weight excluding hydrogens is 418 g/mol. The molecule has 0 aliphatic carbocycles. The minimum absolute atomic E-state index is 0.304. The highest BCUT2D eigenvalue weighted by Gasteiger charge is 2.22. The number of aryl methyl sites for hydroxylation is 1. The van der Waals surface area contributed by atoms with Crippen molar-refractivity contribution >= 4 is 29.1 Å². The largest absolute Gasteiger partial charge is 0.345 e. The number of hydrogen-bond donors (Lipinski definition) is 1. The maximum atomic E-state index is 10.9. The quantitative estimate of drug-likeness (QED) is 0.435. The van der Waals surface area contributed by atoms with Crippen molar-refractivity contribution in [1.29, 1.82) is 0 Å². The van der Waals surface area contributed by atoms with Crippen LogP contribution in [0.5, 0.6) is 0 Å². The summed E-state index contributed by atoms with van der Waals surface area (Å²) in [5, 5.41) is 7.76. The average molecular weight is 446 g/mol. The van der Waals surface area contributed by atoms with E-state index in [4.69, 9.17) is 0 Å². The lowest BCUT2D eigenvalue weighted by molar-refractivity contribution is -0.117. The number of rotatable bonds is 7. The molecule has 1 aliphatic heterocycles. The monoisotopic (exact) mass is 445 g/mol. The first-order chi connectivity index (χ1) is 16.0. The third kappa shape index (κ3) is 4.28. The molecule has 1 fully saturated rings. The fourth-order valence-electron chi connectivity index (χ4n) is 4.49. The van der Waals surface area contributed by atoms with Crippen LogP contribution in [0.4, 0.5) is 11.6 Å². The summed E-state index contributed by atoms with van der Waals surface area (Å²) in [7, 11) is 0. The van der Waals surface area contributed by atoms with Gasteiger partial charge in [0, 0.05) is 44.1 Å². The number of fused-ring (bicyclic) bond motifs is 1. The number of nitrogens with zero attached hydrogens (tertiary/aromatic N) is 8. The van der Waals surface area contributed by atoms with Gasteiger partial charge in [-0.1, -0.05) is 0 Å². The third-order valence-electron chi connectivity index (χ3n) is 5.98. The van der Waals surface area contributed by atoms with Gasteiger partial charge in [0.25, 0.3) is 0 Å². The molecule has 5 heterocycles. The second kappa shape index (κ2) is 8.61. The molecule has 1 N–H and O–H groups in total. The molecular formula is C23H27N9O. The average Bonchev–Trinajstić information content (AvgIpc) is 3.52. The molecule has 0 radical (unpaired) electrons. The molecule has 4 aromatic heterocycles. The molecule has 33 heavy (non-hydrogen) atoms. The number of carbonyl (C=O) groups is 1. The topological polar surface area (TPSA) is 107 Å². The number of pyridine rings is 1. The van der Waals surface area contributed by atoms with E-state index in [9.17, 15) is 4.79 Å². The smallest absolute Gasteiger partial charge is 0.209 e. The normalized spacial score (nSPS) is 16.1. The highest BCUT2D eigenvalue weighted by Crippen LogP contribution is 2.24. The molecule has 0 aromatic carbocycles. The minimum atomic E-state index is 0.304. The van der Waals surface area contributed by atoms with Gasteiger partial charge < -0.3 is 14.8 Å². The Morgan fingerprint density at radius 3 is 2.88 bits per heavy atom. The van der Waals surface area contributed by atoms with Crippen LogP contribution in [-0.4, -0.2) is 58.7 Å². The molecule has 1 amide bonds. The molecule has 4 aromatic rings. The molecule has 0 saturated carbocycles. The molecule has 1 aliphatic rings. The zero-order valence-electron chi connectivity index (χ0n) is 19.0. The predicted octanol–water partition coefficient (Wildman–Crippen LogP) is 3.20. The Labute approximate surface area is 191 Å². The summed E-state index contributed by atoms with van der Waals surface area (Å²) in [6.45, 7) is 8.66. The molecule has 10 heteroatoms. The fraction of sp³-hybridized carbons (Fsp3) is 0.391. The molecule has 170 valence electrons. The van der Waals surface area contributed by atoms with Gasteiger partial charge in [-0.25, -0.2) is 19.9 Å². The van der Waals surface area contributed by atoms with E-state index in [0.717, 1.165) is 54.9 Å². The molecule has 1 unspecified atom stereocenters. The van der Waals surface area contributed by atoms with Crippen molar-refractivity contribution in [2.75, 3.05) is 18.4 Å². The van der Waals surface area contributed by atoms with Crippen LogP contribution in [0.15, 0.2) is 36.9 Å². The van der Waals surface area contributed by atoms with E-state index in [0.29, 0.717) is 29.4 Å². The van der Waals surface area contributed by atoms with Gasteiger partial charge in [0.2, 0.25) is 6.41 Å². The summed E-state index contributed by atoms with van der Waals surface area (Å²) in [5.74, 6) is 3.34. The number of amides is 1. The number of aromatic nitrogens is 7. The zero-order chi connectivity index (χ0) is 22.9. The lowest BCUT2D eigenvalue weighted by atomic mass is 10.1. The number of anilines is 2. The van der Waals surface area contributed by atoms with Crippen molar-refractivity contribution in [3.8, 4) is 11.4 Å². The van der Waals surface area contributed by atoms with E-state index in [1.165, 1.54) is 0 Å². The van der Waals surface area contributed by atoms with Gasteiger partial charge in [-0.15, -0.1) is 0 Å². The van der Waals surface area contributed by atoms with Gasteiger partial charge in [0.15, 0.2) is 5.82 Å². The maximum Gasteiger partial charge on any atom is 0.209 e. The first-order valence-electron chi connectivity index (χ1n) is 11.2. The Morgan fingerprint density at radius 2 is 2.09 bits per heavy atom. The van der Waals surface area contributed by atoms with Crippen molar-refractivity contribution in [2.24, 2.45) is 5.92 Å². The van der Waals surface area contributed by atoms with Crippen LogP contribution in [0.3, 0.4) is 0 Å². The first kappa shape index (κ1) is 21.0. The lowest BCUT2D eigenvalue weighted by Crippen LogP contribution is -2.20. The van der Waals surface area contributed by atoms with E-state index in [2.05, 4.69) is 48.8 Å². The Kier molecular flexibility index (Phi) is 5.49. The molecule has 1 saturated heterocycles. The van der Waals surface area contributed by atoms with E-state index in [-0.39, 0.29) is 0 Å². The lowest BCUT2D eigenvalue weighted by Gasteiger charge is -2.11. The van der Waals surface area contributed by atoms with Crippen molar-refractivity contribution < 1.29 is 4.79 Å². The van der Waals surface area contributed by atoms with Crippen LogP contribution in [-0.2, 0) is 11.3 Å². The number of carbonyl (C=O) groups excluding carboxylic acids is 1. The standard InChI is InChI=1S/C23H27N9O/c1-15(2)32-16(3)27-19-10-25-22(8-20(19)32)28-21-4-6-24-23(29-21)18-9-26-31(13-18)12-17-5-7-30(11-17)14-33/h4,6,8-10,13-15,17H,5,7,11-12H2,1-3H3,(H,24,25,28,29). The third-order valence-corrected chi connectivity index (χ3v) is 5.98.